The summed E-state index contributed by atoms with van der Waals surface area (Å²) in [6.07, 6.45) is 7.15. The van der Waals surface area contributed by atoms with Crippen LogP contribution >= 0.6 is 0 Å². The fourth-order valence-corrected chi connectivity index (χ4v) is 2.36. The first-order valence-electron chi connectivity index (χ1n) is 8.31. The smallest absolute Gasteiger partial charge is 0.225 e. The van der Waals surface area contributed by atoms with Crippen LogP contribution in [0.2, 0.25) is 0 Å². The molecule has 1 aliphatic rings. The van der Waals surface area contributed by atoms with Gasteiger partial charge < -0.3 is 4.90 Å². The number of carbonyl (C=O) groups excluding carboxylic acids is 1. The van der Waals surface area contributed by atoms with E-state index in [0.717, 1.165) is 6.42 Å². The van der Waals surface area contributed by atoms with E-state index < -0.39 is 11.7 Å². The summed E-state index contributed by atoms with van der Waals surface area (Å²) >= 11 is 0. The Bertz CT molecular complexity index is 395. The van der Waals surface area contributed by atoms with Gasteiger partial charge in [-0.15, -0.1) is 5.92 Å². The minimum atomic E-state index is -0.502. The lowest BCUT2D eigenvalue weighted by molar-refractivity contribution is -0.362. The zero-order valence-corrected chi connectivity index (χ0v) is 14.8. The van der Waals surface area contributed by atoms with Gasteiger partial charge in [0, 0.05) is 20.5 Å². The molecule has 0 aromatic rings. The Balaban J connectivity index is 2.54. The maximum absolute atomic E-state index is 11.9. The van der Waals surface area contributed by atoms with Crippen molar-refractivity contribution in [3.05, 3.63) is 0 Å². The largest absolute Gasteiger partial charge is 0.349 e. The topological polar surface area (TPSA) is 38.8 Å². The Morgan fingerprint density at radius 2 is 1.86 bits per heavy atom. The van der Waals surface area contributed by atoms with Crippen LogP contribution in [0.5, 0.6) is 0 Å². The van der Waals surface area contributed by atoms with Crippen molar-refractivity contribution in [1.29, 1.82) is 0 Å². The van der Waals surface area contributed by atoms with E-state index >= 15 is 0 Å². The molecule has 0 spiro atoms. The minimum absolute atomic E-state index is 0.00512. The van der Waals surface area contributed by atoms with Crippen LogP contribution in [0.3, 0.4) is 0 Å². The van der Waals surface area contributed by atoms with Crippen LogP contribution in [0.4, 0.5) is 0 Å². The molecule has 0 saturated heterocycles. The zero-order valence-electron chi connectivity index (χ0n) is 14.8. The molecule has 1 amide bonds. The molecule has 0 aromatic heterocycles. The van der Waals surface area contributed by atoms with Crippen LogP contribution in [-0.4, -0.2) is 36.6 Å². The maximum atomic E-state index is 11.9. The normalized spacial score (nSPS) is 17.5. The van der Waals surface area contributed by atoms with Crippen molar-refractivity contribution in [2.24, 2.45) is 5.92 Å². The van der Waals surface area contributed by atoms with Gasteiger partial charge in [-0.2, -0.15) is 0 Å². The number of carbonyl (C=O) groups is 1. The number of rotatable bonds is 5. The number of nitrogens with zero attached hydrogens (tertiary/aromatic N) is 1. The van der Waals surface area contributed by atoms with Crippen molar-refractivity contribution in [1.82, 2.24) is 4.90 Å². The molecule has 1 fully saturated rings. The summed E-state index contributed by atoms with van der Waals surface area (Å²) in [5.74, 6) is 6.99. The quantitative estimate of drug-likeness (QED) is 0.443. The van der Waals surface area contributed by atoms with Gasteiger partial charge in [0.25, 0.3) is 0 Å². The minimum Gasteiger partial charge on any atom is -0.349 e. The van der Waals surface area contributed by atoms with Gasteiger partial charge in [0.15, 0.2) is 6.10 Å². The first kappa shape index (κ1) is 19.0. The first-order chi connectivity index (χ1) is 10.3. The SMILES string of the molecule is CN(C)C(=O)CC(C#CCC1CCCCC1)OOC(C)(C)C. The van der Waals surface area contributed by atoms with E-state index in [0.29, 0.717) is 5.92 Å². The van der Waals surface area contributed by atoms with E-state index in [1.54, 1.807) is 19.0 Å². The standard InChI is InChI=1S/C18H31NO3/c1-18(2,3)22-21-16(14-17(20)19(4)5)13-9-12-15-10-7-6-8-11-15/h15-16H,6-8,10-12,14H2,1-5H3. The molecular formula is C18H31NO3. The van der Waals surface area contributed by atoms with Gasteiger partial charge >= 0.3 is 0 Å². The van der Waals surface area contributed by atoms with Crippen molar-refractivity contribution >= 4 is 5.91 Å². The third-order valence-corrected chi connectivity index (χ3v) is 3.65. The highest BCUT2D eigenvalue weighted by molar-refractivity contribution is 5.76. The second kappa shape index (κ2) is 9.17. The van der Waals surface area contributed by atoms with Crippen molar-refractivity contribution in [3.63, 3.8) is 0 Å². The lowest BCUT2D eigenvalue weighted by Gasteiger charge is -2.21. The monoisotopic (exact) mass is 309 g/mol. The van der Waals surface area contributed by atoms with E-state index in [-0.39, 0.29) is 12.3 Å². The molecule has 0 aromatic carbocycles. The van der Waals surface area contributed by atoms with Crippen LogP contribution in [0.15, 0.2) is 0 Å². The lowest BCUT2D eigenvalue weighted by Crippen LogP contribution is -2.29. The summed E-state index contributed by atoms with van der Waals surface area (Å²) in [4.78, 5) is 24.2. The fraction of sp³-hybridized carbons (Fsp3) is 0.833. The lowest BCUT2D eigenvalue weighted by atomic mass is 9.87. The van der Waals surface area contributed by atoms with Crippen LogP contribution < -0.4 is 0 Å². The van der Waals surface area contributed by atoms with Crippen LogP contribution in [0.1, 0.15) is 65.7 Å². The zero-order chi connectivity index (χ0) is 16.6. The van der Waals surface area contributed by atoms with Crippen LogP contribution in [0.25, 0.3) is 0 Å². The third kappa shape index (κ3) is 8.41. The van der Waals surface area contributed by atoms with E-state index in [2.05, 4.69) is 11.8 Å². The molecule has 0 bridgehead atoms. The van der Waals surface area contributed by atoms with Gasteiger partial charge in [-0.05, 0) is 39.5 Å². The highest BCUT2D eigenvalue weighted by Gasteiger charge is 2.19. The number of hydrogen-bond acceptors (Lipinski definition) is 3. The summed E-state index contributed by atoms with van der Waals surface area (Å²) in [7, 11) is 3.47. The van der Waals surface area contributed by atoms with E-state index in [1.165, 1.54) is 32.1 Å². The molecule has 0 N–H and O–H groups in total. The summed E-state index contributed by atoms with van der Waals surface area (Å²) in [5.41, 5.74) is -0.412. The summed E-state index contributed by atoms with van der Waals surface area (Å²) in [6, 6.07) is 0. The Labute approximate surface area is 135 Å². The van der Waals surface area contributed by atoms with Crippen LogP contribution in [0, 0.1) is 17.8 Å². The number of amides is 1. The molecule has 4 nitrogen and oxygen atoms in total. The molecule has 1 aliphatic carbocycles. The molecule has 1 atom stereocenters. The molecule has 1 unspecified atom stereocenters. The van der Waals surface area contributed by atoms with Gasteiger partial charge in [0.1, 0.15) is 0 Å². The second-order valence-corrected chi connectivity index (χ2v) is 7.30. The predicted octanol–water partition coefficient (Wildman–Crippen LogP) is 3.55. The van der Waals surface area contributed by atoms with E-state index in [4.69, 9.17) is 9.78 Å². The maximum Gasteiger partial charge on any atom is 0.225 e. The second-order valence-electron chi connectivity index (χ2n) is 7.30. The van der Waals surface area contributed by atoms with Gasteiger partial charge in [-0.3, -0.25) is 4.79 Å². The Hall–Kier alpha value is -1.05. The summed E-state index contributed by atoms with van der Waals surface area (Å²) in [5, 5.41) is 0. The van der Waals surface area contributed by atoms with Gasteiger partial charge in [0.05, 0.1) is 12.0 Å². The Morgan fingerprint density at radius 3 is 2.41 bits per heavy atom. The molecular weight excluding hydrogens is 278 g/mol. The average Bonchev–Trinajstić information content (AvgIpc) is 2.44. The molecule has 0 heterocycles. The fourth-order valence-electron chi connectivity index (χ4n) is 2.36. The average molecular weight is 309 g/mol. The van der Waals surface area contributed by atoms with Crippen molar-refractivity contribution in [2.75, 3.05) is 14.1 Å². The van der Waals surface area contributed by atoms with Gasteiger partial charge in [-0.25, -0.2) is 9.78 Å². The van der Waals surface area contributed by atoms with Gasteiger partial charge in [0.2, 0.25) is 5.91 Å². The number of hydrogen-bond donors (Lipinski definition) is 0. The first-order valence-corrected chi connectivity index (χ1v) is 8.31. The van der Waals surface area contributed by atoms with Crippen LogP contribution in [-0.2, 0) is 14.6 Å². The highest BCUT2D eigenvalue weighted by atomic mass is 17.2. The molecule has 1 rings (SSSR count). The summed E-state index contributed by atoms with van der Waals surface area (Å²) < 4.78 is 0. The predicted molar refractivity (Wildman–Crippen MR) is 88.0 cm³/mol. The van der Waals surface area contributed by atoms with E-state index in [1.807, 2.05) is 20.8 Å². The molecule has 4 heteroatoms. The Kier molecular flexibility index (Phi) is 7.92. The molecule has 1 saturated carbocycles. The molecule has 22 heavy (non-hydrogen) atoms. The molecule has 126 valence electrons. The molecule has 0 aliphatic heterocycles. The van der Waals surface area contributed by atoms with E-state index in [9.17, 15) is 4.79 Å². The van der Waals surface area contributed by atoms with Gasteiger partial charge in [-0.1, -0.05) is 25.2 Å². The third-order valence-electron chi connectivity index (χ3n) is 3.65. The molecule has 0 radical (unpaired) electrons. The Morgan fingerprint density at radius 1 is 1.23 bits per heavy atom. The summed E-state index contributed by atoms with van der Waals surface area (Å²) in [6.45, 7) is 5.73. The van der Waals surface area contributed by atoms with Crippen molar-refractivity contribution in [3.8, 4) is 11.8 Å². The highest BCUT2D eigenvalue weighted by Crippen LogP contribution is 2.25. The van der Waals surface area contributed by atoms with Crippen molar-refractivity contribution < 1.29 is 14.6 Å². The van der Waals surface area contributed by atoms with Crippen molar-refractivity contribution in [2.45, 2.75) is 77.4 Å².